The first-order valence-corrected chi connectivity index (χ1v) is 8.39. The Morgan fingerprint density at radius 2 is 1.90 bits per heavy atom. The SMILES string of the molecule is CCCNC(c1ccccc1)C(C)CN1CCC(O)CC1. The molecule has 0 radical (unpaired) electrons. The second kappa shape index (κ2) is 8.52. The monoisotopic (exact) mass is 290 g/mol. The Morgan fingerprint density at radius 3 is 2.52 bits per heavy atom. The smallest absolute Gasteiger partial charge is 0.0564 e. The van der Waals surface area contributed by atoms with Crippen LogP contribution < -0.4 is 5.32 Å². The van der Waals surface area contributed by atoms with Crippen molar-refractivity contribution < 1.29 is 5.11 Å². The summed E-state index contributed by atoms with van der Waals surface area (Å²) in [6.45, 7) is 8.77. The summed E-state index contributed by atoms with van der Waals surface area (Å²) in [5.74, 6) is 0.564. The van der Waals surface area contributed by atoms with Gasteiger partial charge in [0.2, 0.25) is 0 Å². The average molecular weight is 290 g/mol. The van der Waals surface area contributed by atoms with Gasteiger partial charge in [-0.3, -0.25) is 0 Å². The summed E-state index contributed by atoms with van der Waals surface area (Å²) in [5.41, 5.74) is 1.38. The Kier molecular flexibility index (Phi) is 6.68. The molecule has 2 N–H and O–H groups in total. The molecular weight excluding hydrogens is 260 g/mol. The van der Waals surface area contributed by atoms with Crippen molar-refractivity contribution in [3.63, 3.8) is 0 Å². The Bertz CT molecular complexity index is 387. The number of hydrogen-bond acceptors (Lipinski definition) is 3. The van der Waals surface area contributed by atoms with Gasteiger partial charge in [0.05, 0.1) is 6.10 Å². The minimum atomic E-state index is -0.0836. The summed E-state index contributed by atoms with van der Waals surface area (Å²) in [7, 11) is 0. The van der Waals surface area contributed by atoms with Crippen molar-refractivity contribution in [1.29, 1.82) is 0 Å². The molecule has 1 aliphatic heterocycles. The third kappa shape index (κ3) is 5.10. The molecule has 2 rings (SSSR count). The van der Waals surface area contributed by atoms with Crippen molar-refractivity contribution in [2.24, 2.45) is 5.92 Å². The van der Waals surface area contributed by atoms with E-state index in [9.17, 15) is 5.11 Å². The third-order valence-corrected chi connectivity index (χ3v) is 4.45. The van der Waals surface area contributed by atoms with E-state index < -0.39 is 0 Å². The minimum Gasteiger partial charge on any atom is -0.393 e. The predicted octanol–water partition coefficient (Wildman–Crippen LogP) is 2.82. The highest BCUT2D eigenvalue weighted by molar-refractivity contribution is 5.19. The van der Waals surface area contributed by atoms with E-state index in [4.69, 9.17) is 0 Å². The maximum Gasteiger partial charge on any atom is 0.0564 e. The lowest BCUT2D eigenvalue weighted by atomic mass is 9.93. The van der Waals surface area contributed by atoms with Gasteiger partial charge in [-0.1, -0.05) is 44.2 Å². The molecule has 0 saturated carbocycles. The molecule has 0 bridgehead atoms. The van der Waals surface area contributed by atoms with Gasteiger partial charge in [-0.15, -0.1) is 0 Å². The van der Waals surface area contributed by atoms with E-state index in [0.717, 1.165) is 45.4 Å². The first kappa shape index (κ1) is 16.5. The van der Waals surface area contributed by atoms with Crippen LogP contribution in [0.4, 0.5) is 0 Å². The topological polar surface area (TPSA) is 35.5 Å². The van der Waals surface area contributed by atoms with Gasteiger partial charge < -0.3 is 15.3 Å². The molecule has 3 nitrogen and oxygen atoms in total. The van der Waals surface area contributed by atoms with Crippen LogP contribution in [-0.4, -0.2) is 42.3 Å². The van der Waals surface area contributed by atoms with Crippen molar-refractivity contribution in [3.8, 4) is 0 Å². The lowest BCUT2D eigenvalue weighted by Crippen LogP contribution is -2.41. The zero-order valence-electron chi connectivity index (χ0n) is 13.5. The summed E-state index contributed by atoms with van der Waals surface area (Å²) in [4.78, 5) is 2.50. The molecule has 3 heteroatoms. The largest absolute Gasteiger partial charge is 0.393 e. The number of hydrogen-bond donors (Lipinski definition) is 2. The Morgan fingerprint density at radius 1 is 1.24 bits per heavy atom. The molecule has 1 fully saturated rings. The van der Waals surface area contributed by atoms with Crippen molar-refractivity contribution in [2.75, 3.05) is 26.2 Å². The molecule has 2 unspecified atom stereocenters. The van der Waals surface area contributed by atoms with Gasteiger partial charge >= 0.3 is 0 Å². The van der Waals surface area contributed by atoms with Crippen LogP contribution in [0, 0.1) is 5.92 Å². The first-order chi connectivity index (χ1) is 10.2. The van der Waals surface area contributed by atoms with Crippen molar-refractivity contribution in [1.82, 2.24) is 10.2 Å². The van der Waals surface area contributed by atoms with Gasteiger partial charge in [-0.2, -0.15) is 0 Å². The quantitative estimate of drug-likeness (QED) is 0.810. The van der Waals surface area contributed by atoms with Crippen molar-refractivity contribution >= 4 is 0 Å². The number of aliphatic hydroxyl groups excluding tert-OH is 1. The Balaban J connectivity index is 1.95. The lowest BCUT2D eigenvalue weighted by molar-refractivity contribution is 0.0725. The van der Waals surface area contributed by atoms with Crippen LogP contribution in [0.5, 0.6) is 0 Å². The average Bonchev–Trinajstić information content (AvgIpc) is 2.51. The fourth-order valence-corrected chi connectivity index (χ4v) is 3.22. The van der Waals surface area contributed by atoms with Crippen molar-refractivity contribution in [3.05, 3.63) is 35.9 Å². The van der Waals surface area contributed by atoms with Crippen LogP contribution in [0.3, 0.4) is 0 Å². The summed E-state index contributed by atoms with van der Waals surface area (Å²) >= 11 is 0. The fraction of sp³-hybridized carbons (Fsp3) is 0.667. The van der Waals surface area contributed by atoms with E-state index in [1.807, 2.05) is 0 Å². The number of rotatable bonds is 7. The highest BCUT2D eigenvalue weighted by Gasteiger charge is 2.23. The van der Waals surface area contributed by atoms with Gasteiger partial charge in [0.1, 0.15) is 0 Å². The second-order valence-corrected chi connectivity index (χ2v) is 6.35. The predicted molar refractivity (Wildman–Crippen MR) is 88.3 cm³/mol. The molecule has 0 aliphatic carbocycles. The van der Waals surface area contributed by atoms with Gasteiger partial charge in [0.15, 0.2) is 0 Å². The molecule has 1 aromatic carbocycles. The number of piperidine rings is 1. The van der Waals surface area contributed by atoms with Gasteiger partial charge in [0.25, 0.3) is 0 Å². The number of nitrogens with zero attached hydrogens (tertiary/aromatic N) is 1. The fourth-order valence-electron chi connectivity index (χ4n) is 3.22. The molecule has 1 aliphatic rings. The standard InChI is InChI=1S/C18H30N2O/c1-3-11-19-18(16-7-5-4-6-8-16)15(2)14-20-12-9-17(21)10-13-20/h4-8,15,17-19,21H,3,9-14H2,1-2H3. The molecule has 21 heavy (non-hydrogen) atoms. The molecular formula is C18H30N2O. The first-order valence-electron chi connectivity index (χ1n) is 8.39. The number of benzene rings is 1. The second-order valence-electron chi connectivity index (χ2n) is 6.35. The van der Waals surface area contributed by atoms with Gasteiger partial charge in [0, 0.05) is 25.7 Å². The number of nitrogens with one attached hydrogen (secondary N) is 1. The van der Waals surface area contributed by atoms with E-state index in [2.05, 4.69) is 54.4 Å². The zero-order valence-corrected chi connectivity index (χ0v) is 13.5. The molecule has 2 atom stereocenters. The van der Waals surface area contributed by atoms with E-state index in [1.165, 1.54) is 5.56 Å². The molecule has 0 amide bonds. The van der Waals surface area contributed by atoms with Crippen LogP contribution in [0.25, 0.3) is 0 Å². The summed E-state index contributed by atoms with van der Waals surface area (Å²) in [5, 5.41) is 13.3. The van der Waals surface area contributed by atoms with E-state index in [-0.39, 0.29) is 6.10 Å². The minimum absolute atomic E-state index is 0.0836. The Hall–Kier alpha value is -0.900. The van der Waals surface area contributed by atoms with E-state index >= 15 is 0 Å². The molecule has 0 spiro atoms. The van der Waals surface area contributed by atoms with Gasteiger partial charge in [-0.25, -0.2) is 0 Å². The van der Waals surface area contributed by atoms with Gasteiger partial charge in [-0.05, 0) is 37.3 Å². The van der Waals surface area contributed by atoms with Crippen LogP contribution in [0.1, 0.15) is 44.7 Å². The highest BCUT2D eigenvalue weighted by atomic mass is 16.3. The van der Waals surface area contributed by atoms with Crippen LogP contribution in [0.2, 0.25) is 0 Å². The maximum atomic E-state index is 9.63. The molecule has 1 heterocycles. The van der Waals surface area contributed by atoms with Crippen LogP contribution in [-0.2, 0) is 0 Å². The highest BCUT2D eigenvalue weighted by Crippen LogP contribution is 2.24. The summed E-state index contributed by atoms with van der Waals surface area (Å²) < 4.78 is 0. The normalized spacial score (nSPS) is 20.3. The molecule has 118 valence electrons. The summed E-state index contributed by atoms with van der Waals surface area (Å²) in [6.07, 6.45) is 2.92. The van der Waals surface area contributed by atoms with Crippen molar-refractivity contribution in [2.45, 2.75) is 45.3 Å². The summed E-state index contributed by atoms with van der Waals surface area (Å²) in [6, 6.07) is 11.2. The van der Waals surface area contributed by atoms with E-state index in [1.54, 1.807) is 0 Å². The van der Waals surface area contributed by atoms with Crippen LogP contribution >= 0.6 is 0 Å². The zero-order chi connectivity index (χ0) is 15.1. The lowest BCUT2D eigenvalue weighted by Gasteiger charge is -2.34. The molecule has 0 aromatic heterocycles. The number of likely N-dealkylation sites (tertiary alicyclic amines) is 1. The maximum absolute atomic E-state index is 9.63. The van der Waals surface area contributed by atoms with E-state index in [0.29, 0.717) is 12.0 Å². The number of aliphatic hydroxyl groups is 1. The molecule has 1 saturated heterocycles. The Labute approximate surface area is 129 Å². The van der Waals surface area contributed by atoms with Crippen LogP contribution in [0.15, 0.2) is 30.3 Å². The third-order valence-electron chi connectivity index (χ3n) is 4.45. The molecule has 1 aromatic rings.